The zero-order chi connectivity index (χ0) is 17.1. The number of hydrogen-bond acceptors (Lipinski definition) is 4. The van der Waals surface area contributed by atoms with Crippen LogP contribution in [0.1, 0.15) is 30.3 Å². The Morgan fingerprint density at radius 3 is 2.75 bits per heavy atom. The van der Waals surface area contributed by atoms with E-state index in [0.717, 1.165) is 25.2 Å². The molecular weight excluding hydrogens is 316 g/mol. The summed E-state index contributed by atoms with van der Waals surface area (Å²) in [7, 11) is 0. The summed E-state index contributed by atoms with van der Waals surface area (Å²) in [6.45, 7) is 11.5. The van der Waals surface area contributed by atoms with Gasteiger partial charge in [-0.3, -0.25) is 9.80 Å². The number of phenols is 1. The van der Waals surface area contributed by atoms with Gasteiger partial charge in [0.25, 0.3) is 0 Å². The number of hydrogen-bond donors (Lipinski definition) is 1. The van der Waals surface area contributed by atoms with Gasteiger partial charge in [-0.05, 0) is 43.0 Å². The van der Waals surface area contributed by atoms with E-state index in [1.165, 1.54) is 4.88 Å². The smallest absolute Gasteiger partial charge is 0.115 e. The molecule has 0 aliphatic carbocycles. The second-order valence-corrected chi connectivity index (χ2v) is 7.63. The minimum Gasteiger partial charge on any atom is -0.508 e. The van der Waals surface area contributed by atoms with Crippen LogP contribution in [0.2, 0.25) is 0 Å². The van der Waals surface area contributed by atoms with Crippen LogP contribution < -0.4 is 0 Å². The minimum atomic E-state index is 0.195. The quantitative estimate of drug-likeness (QED) is 0.828. The van der Waals surface area contributed by atoms with Gasteiger partial charge in [0, 0.05) is 36.6 Å². The third-order valence-corrected chi connectivity index (χ3v) is 5.78. The van der Waals surface area contributed by atoms with E-state index in [9.17, 15) is 5.11 Å². The predicted molar refractivity (Wildman–Crippen MR) is 102 cm³/mol. The maximum absolute atomic E-state index is 9.95. The van der Waals surface area contributed by atoms with Crippen molar-refractivity contribution in [1.29, 1.82) is 0 Å². The lowest BCUT2D eigenvalue weighted by molar-refractivity contribution is 0.0315. The largest absolute Gasteiger partial charge is 0.508 e. The van der Waals surface area contributed by atoms with E-state index in [4.69, 9.17) is 0 Å². The van der Waals surface area contributed by atoms with E-state index >= 15 is 0 Å². The van der Waals surface area contributed by atoms with Gasteiger partial charge in [-0.15, -0.1) is 17.9 Å². The fourth-order valence-corrected chi connectivity index (χ4v) is 4.54. The standard InChI is InChI=1S/C20H26N2OS/c1-4-10-21-13-16(3)22(14-15(21)2)20(19-9-6-11-24-19)17-7-5-8-18(23)12-17/h4-9,11-12,15-16,20,23H,1,10,13-14H2,2-3H3/t15-,16-,20?/m0/s1. The van der Waals surface area contributed by atoms with E-state index < -0.39 is 0 Å². The van der Waals surface area contributed by atoms with Crippen LogP contribution in [0, 0.1) is 0 Å². The molecule has 1 saturated heterocycles. The molecule has 1 fully saturated rings. The Bertz CT molecular complexity index is 670. The molecule has 3 nitrogen and oxygen atoms in total. The summed E-state index contributed by atoms with van der Waals surface area (Å²) in [5, 5.41) is 12.1. The number of rotatable bonds is 5. The second-order valence-electron chi connectivity index (χ2n) is 6.65. The molecule has 128 valence electrons. The fraction of sp³-hybridized carbons (Fsp3) is 0.400. The highest BCUT2D eigenvalue weighted by Gasteiger charge is 2.34. The molecule has 1 aliphatic rings. The number of aromatic hydroxyl groups is 1. The first-order valence-corrected chi connectivity index (χ1v) is 9.41. The minimum absolute atomic E-state index is 0.195. The van der Waals surface area contributed by atoms with Crippen molar-refractivity contribution >= 4 is 11.3 Å². The summed E-state index contributed by atoms with van der Waals surface area (Å²) in [4.78, 5) is 6.39. The van der Waals surface area contributed by atoms with E-state index in [1.807, 2.05) is 18.2 Å². The summed E-state index contributed by atoms with van der Waals surface area (Å²) in [6.07, 6.45) is 1.99. The lowest BCUT2D eigenvalue weighted by Gasteiger charge is -2.47. The maximum atomic E-state index is 9.95. The van der Waals surface area contributed by atoms with Crippen LogP contribution in [-0.4, -0.2) is 46.6 Å². The van der Waals surface area contributed by atoms with E-state index in [-0.39, 0.29) is 6.04 Å². The highest BCUT2D eigenvalue weighted by molar-refractivity contribution is 7.10. The Balaban J connectivity index is 1.93. The molecule has 24 heavy (non-hydrogen) atoms. The zero-order valence-electron chi connectivity index (χ0n) is 14.4. The molecule has 1 aromatic heterocycles. The Kier molecular flexibility index (Phi) is 5.39. The molecule has 4 heteroatoms. The van der Waals surface area contributed by atoms with Gasteiger partial charge in [0.05, 0.1) is 6.04 Å². The fourth-order valence-electron chi connectivity index (χ4n) is 3.67. The average molecular weight is 343 g/mol. The average Bonchev–Trinajstić information content (AvgIpc) is 3.06. The van der Waals surface area contributed by atoms with Crippen molar-refractivity contribution in [2.45, 2.75) is 32.0 Å². The van der Waals surface area contributed by atoms with Crippen molar-refractivity contribution in [1.82, 2.24) is 9.80 Å². The normalized spacial score (nSPS) is 23.9. The number of thiophene rings is 1. The highest BCUT2D eigenvalue weighted by Crippen LogP contribution is 2.36. The van der Waals surface area contributed by atoms with Gasteiger partial charge in [-0.1, -0.05) is 24.3 Å². The van der Waals surface area contributed by atoms with E-state index in [0.29, 0.717) is 17.8 Å². The second kappa shape index (κ2) is 7.51. The Hall–Kier alpha value is -1.62. The molecule has 0 bridgehead atoms. The van der Waals surface area contributed by atoms with Crippen LogP contribution in [0.4, 0.5) is 0 Å². The lowest BCUT2D eigenvalue weighted by Crippen LogP contribution is -2.57. The third-order valence-electron chi connectivity index (χ3n) is 4.86. The molecule has 1 aliphatic heterocycles. The first-order valence-electron chi connectivity index (χ1n) is 8.53. The molecule has 1 N–H and O–H groups in total. The van der Waals surface area contributed by atoms with Crippen molar-refractivity contribution < 1.29 is 5.11 Å². The molecular formula is C20H26N2OS. The van der Waals surface area contributed by atoms with Crippen LogP contribution in [-0.2, 0) is 0 Å². The van der Waals surface area contributed by atoms with Crippen LogP contribution in [0.3, 0.4) is 0 Å². The van der Waals surface area contributed by atoms with Crippen LogP contribution in [0.15, 0.2) is 54.4 Å². The SMILES string of the molecule is C=CCN1C[C@H](C)N(C(c2cccc(O)c2)c2cccs2)C[C@@H]1C. The zero-order valence-corrected chi connectivity index (χ0v) is 15.2. The molecule has 3 atom stereocenters. The van der Waals surface area contributed by atoms with Crippen molar-refractivity contribution in [3.63, 3.8) is 0 Å². The third kappa shape index (κ3) is 3.56. The van der Waals surface area contributed by atoms with Crippen LogP contribution >= 0.6 is 11.3 Å². The molecule has 1 aromatic carbocycles. The molecule has 2 aromatic rings. The van der Waals surface area contributed by atoms with Crippen molar-refractivity contribution in [3.05, 3.63) is 64.9 Å². The summed E-state index contributed by atoms with van der Waals surface area (Å²) < 4.78 is 0. The number of benzene rings is 1. The predicted octanol–water partition coefficient (Wildman–Crippen LogP) is 4.12. The van der Waals surface area contributed by atoms with E-state index in [2.05, 4.69) is 53.8 Å². The molecule has 1 unspecified atom stereocenters. The maximum Gasteiger partial charge on any atom is 0.115 e. The lowest BCUT2D eigenvalue weighted by atomic mass is 9.98. The monoisotopic (exact) mass is 342 g/mol. The van der Waals surface area contributed by atoms with Gasteiger partial charge < -0.3 is 5.11 Å². The Morgan fingerprint density at radius 2 is 2.08 bits per heavy atom. The van der Waals surface area contributed by atoms with Gasteiger partial charge in [0.2, 0.25) is 0 Å². The summed E-state index contributed by atoms with van der Waals surface area (Å²) in [5.41, 5.74) is 1.16. The van der Waals surface area contributed by atoms with Crippen molar-refractivity contribution in [2.24, 2.45) is 0 Å². The Morgan fingerprint density at radius 1 is 1.25 bits per heavy atom. The summed E-state index contributed by atoms with van der Waals surface area (Å²) in [5.74, 6) is 0.333. The molecule has 0 spiro atoms. The van der Waals surface area contributed by atoms with Gasteiger partial charge >= 0.3 is 0 Å². The van der Waals surface area contributed by atoms with Crippen LogP contribution in [0.25, 0.3) is 0 Å². The van der Waals surface area contributed by atoms with Gasteiger partial charge in [-0.25, -0.2) is 0 Å². The number of nitrogens with zero attached hydrogens (tertiary/aromatic N) is 2. The highest BCUT2D eigenvalue weighted by atomic mass is 32.1. The molecule has 3 rings (SSSR count). The molecule has 0 amide bonds. The number of phenolic OH excluding ortho intramolecular Hbond substituents is 1. The van der Waals surface area contributed by atoms with Gasteiger partial charge in [0.1, 0.15) is 5.75 Å². The van der Waals surface area contributed by atoms with Crippen LogP contribution in [0.5, 0.6) is 5.75 Å². The first-order chi connectivity index (χ1) is 11.6. The summed E-state index contributed by atoms with van der Waals surface area (Å²) in [6, 6.07) is 13.1. The van der Waals surface area contributed by atoms with Gasteiger partial charge in [-0.2, -0.15) is 0 Å². The molecule has 0 saturated carbocycles. The Labute approximate surface area is 148 Å². The van der Waals surface area contributed by atoms with E-state index in [1.54, 1.807) is 17.4 Å². The molecule has 2 heterocycles. The van der Waals surface area contributed by atoms with Crippen molar-refractivity contribution in [2.75, 3.05) is 19.6 Å². The first kappa shape index (κ1) is 17.2. The van der Waals surface area contributed by atoms with Gasteiger partial charge in [0.15, 0.2) is 0 Å². The number of piperazine rings is 1. The van der Waals surface area contributed by atoms with Crippen molar-refractivity contribution in [3.8, 4) is 5.75 Å². The summed E-state index contributed by atoms with van der Waals surface area (Å²) >= 11 is 1.79. The topological polar surface area (TPSA) is 26.7 Å². The molecule has 0 radical (unpaired) electrons.